The van der Waals surface area contributed by atoms with Gasteiger partial charge in [-0.2, -0.15) is 0 Å². The van der Waals surface area contributed by atoms with Crippen molar-refractivity contribution in [2.24, 2.45) is 11.1 Å². The lowest BCUT2D eigenvalue weighted by Crippen LogP contribution is -2.38. The highest BCUT2D eigenvalue weighted by molar-refractivity contribution is 5.75. The van der Waals surface area contributed by atoms with E-state index in [0.717, 1.165) is 47.5 Å². The third-order valence-corrected chi connectivity index (χ3v) is 6.17. The Hall–Kier alpha value is -3.35. The first-order valence-electron chi connectivity index (χ1n) is 12.4. The van der Waals surface area contributed by atoms with Crippen LogP contribution in [0.2, 0.25) is 0 Å². The van der Waals surface area contributed by atoms with Crippen LogP contribution < -0.4 is 10.5 Å². The van der Waals surface area contributed by atoms with E-state index in [1.165, 1.54) is 19.4 Å². The van der Waals surface area contributed by atoms with Gasteiger partial charge in [0.1, 0.15) is 19.0 Å². The van der Waals surface area contributed by atoms with Crippen LogP contribution in [-0.4, -0.2) is 37.7 Å². The number of amides is 1. The minimum absolute atomic E-state index is 0.0539. The van der Waals surface area contributed by atoms with E-state index in [1.807, 2.05) is 12.1 Å². The molecule has 0 unspecified atom stereocenters. The quantitative estimate of drug-likeness (QED) is 0.289. The van der Waals surface area contributed by atoms with E-state index in [2.05, 4.69) is 45.0 Å². The third-order valence-electron chi connectivity index (χ3n) is 6.17. The van der Waals surface area contributed by atoms with Crippen molar-refractivity contribution >= 4 is 17.8 Å². The highest BCUT2D eigenvalue weighted by Crippen LogP contribution is 2.33. The van der Waals surface area contributed by atoms with Gasteiger partial charge >= 0.3 is 11.9 Å². The lowest BCUT2D eigenvalue weighted by atomic mass is 9.80. The summed E-state index contributed by atoms with van der Waals surface area (Å²) in [6.07, 6.45) is 3.12. The second kappa shape index (κ2) is 13.7. The topological polar surface area (TPSA) is 105 Å². The predicted molar refractivity (Wildman–Crippen MR) is 140 cm³/mol. The van der Waals surface area contributed by atoms with E-state index < -0.39 is 23.3 Å². The van der Waals surface area contributed by atoms with E-state index in [-0.39, 0.29) is 19.6 Å². The normalized spacial score (nSPS) is 11.1. The van der Waals surface area contributed by atoms with Gasteiger partial charge < -0.3 is 19.9 Å². The van der Waals surface area contributed by atoms with Crippen molar-refractivity contribution in [3.05, 3.63) is 53.1 Å². The van der Waals surface area contributed by atoms with E-state index in [9.17, 15) is 14.4 Å². The molecule has 0 aliphatic rings. The number of hydrogen-bond donors (Lipinski definition) is 1. The Morgan fingerprint density at radius 2 is 1.47 bits per heavy atom. The molecule has 36 heavy (non-hydrogen) atoms. The van der Waals surface area contributed by atoms with Gasteiger partial charge in [0.05, 0.1) is 6.61 Å². The van der Waals surface area contributed by atoms with Crippen LogP contribution in [0.4, 0.5) is 0 Å². The largest absolute Gasteiger partial charge is 0.494 e. The molecular formula is C29H39NO6. The third kappa shape index (κ3) is 9.02. The smallest absolute Gasteiger partial charge is 0.302 e. The van der Waals surface area contributed by atoms with Crippen molar-refractivity contribution in [3.8, 4) is 16.9 Å². The molecule has 2 rings (SSSR count). The zero-order valence-corrected chi connectivity index (χ0v) is 22.1. The fourth-order valence-corrected chi connectivity index (χ4v) is 4.30. The first kappa shape index (κ1) is 28.9. The maximum absolute atomic E-state index is 11.8. The lowest BCUT2D eigenvalue weighted by Gasteiger charge is -2.31. The Balaban J connectivity index is 2.20. The maximum Gasteiger partial charge on any atom is 0.302 e. The average Bonchev–Trinajstić information content (AvgIpc) is 2.80. The summed E-state index contributed by atoms with van der Waals surface area (Å²) in [4.78, 5) is 34.7. The van der Waals surface area contributed by atoms with Crippen LogP contribution in [0.3, 0.4) is 0 Å². The van der Waals surface area contributed by atoms with Crippen molar-refractivity contribution in [2.75, 3.05) is 19.8 Å². The Bertz CT molecular complexity index is 1000. The average molecular weight is 498 g/mol. The fraction of sp³-hybridized carbons (Fsp3) is 0.483. The Labute approximate surface area is 214 Å². The molecule has 196 valence electrons. The standard InChI is InChI=1S/C29H39NO6/c1-6-7-14-34-26-15-20(2)28(21(3)16-26)25-10-8-24(9-11-25)12-13-29(17-27(30)33,18-35-22(4)31)19-36-23(5)32/h8-11,15-16H,6-7,12-14,17-19H2,1-5H3,(H2,30,33). The molecule has 7 nitrogen and oxygen atoms in total. The van der Waals surface area contributed by atoms with Gasteiger partial charge in [-0.25, -0.2) is 0 Å². The molecule has 2 aromatic rings. The monoisotopic (exact) mass is 497 g/mol. The molecule has 0 atom stereocenters. The van der Waals surface area contributed by atoms with Crippen LogP contribution in [0.15, 0.2) is 36.4 Å². The highest BCUT2D eigenvalue weighted by Gasteiger charge is 2.35. The minimum atomic E-state index is -0.886. The molecule has 0 aromatic heterocycles. The second-order valence-electron chi connectivity index (χ2n) is 9.53. The van der Waals surface area contributed by atoms with Gasteiger partial charge in [-0.05, 0) is 73.1 Å². The van der Waals surface area contributed by atoms with Crippen LogP contribution >= 0.6 is 0 Å². The Morgan fingerprint density at radius 1 is 0.917 bits per heavy atom. The van der Waals surface area contributed by atoms with Crippen molar-refractivity contribution in [1.82, 2.24) is 0 Å². The van der Waals surface area contributed by atoms with Gasteiger partial charge in [-0.3, -0.25) is 14.4 Å². The number of ether oxygens (including phenoxy) is 3. The number of primary amides is 1. The number of rotatable bonds is 14. The van der Waals surface area contributed by atoms with Gasteiger partial charge in [0, 0.05) is 25.7 Å². The first-order valence-corrected chi connectivity index (χ1v) is 12.4. The molecule has 0 bridgehead atoms. The molecular weight excluding hydrogens is 458 g/mol. The van der Waals surface area contributed by atoms with Crippen LogP contribution in [-0.2, 0) is 30.3 Å². The molecule has 7 heteroatoms. The summed E-state index contributed by atoms with van der Waals surface area (Å²) in [6, 6.07) is 12.4. The zero-order valence-electron chi connectivity index (χ0n) is 22.1. The van der Waals surface area contributed by atoms with Crippen molar-refractivity contribution in [1.29, 1.82) is 0 Å². The highest BCUT2D eigenvalue weighted by atomic mass is 16.5. The molecule has 1 amide bonds. The molecule has 0 spiro atoms. The summed E-state index contributed by atoms with van der Waals surface area (Å²) in [7, 11) is 0. The summed E-state index contributed by atoms with van der Waals surface area (Å²) < 4.78 is 16.3. The van der Waals surface area contributed by atoms with Crippen molar-refractivity contribution in [2.45, 2.75) is 66.7 Å². The van der Waals surface area contributed by atoms with E-state index >= 15 is 0 Å². The van der Waals surface area contributed by atoms with Crippen LogP contribution in [0.25, 0.3) is 11.1 Å². The molecule has 2 aromatic carbocycles. The van der Waals surface area contributed by atoms with Crippen LogP contribution in [0.1, 0.15) is 63.1 Å². The number of aryl methyl sites for hydroxylation is 3. The molecule has 2 N–H and O–H groups in total. The number of unbranched alkanes of at least 4 members (excludes halogenated alkanes) is 1. The molecule has 0 aliphatic carbocycles. The number of carbonyl (C=O) groups is 3. The van der Waals surface area contributed by atoms with Gasteiger partial charge in [0.15, 0.2) is 0 Å². The van der Waals surface area contributed by atoms with Gasteiger partial charge in [0.25, 0.3) is 0 Å². The minimum Gasteiger partial charge on any atom is -0.494 e. The summed E-state index contributed by atoms with van der Waals surface area (Å²) in [5.74, 6) is -0.588. The maximum atomic E-state index is 11.8. The molecule has 0 heterocycles. The Kier molecular flexibility index (Phi) is 11.0. The molecule has 0 fully saturated rings. The second-order valence-corrected chi connectivity index (χ2v) is 9.53. The molecule has 0 aliphatic heterocycles. The molecule has 0 saturated carbocycles. The number of benzene rings is 2. The van der Waals surface area contributed by atoms with E-state index in [4.69, 9.17) is 19.9 Å². The van der Waals surface area contributed by atoms with E-state index in [1.54, 1.807) is 0 Å². The molecule has 0 radical (unpaired) electrons. The van der Waals surface area contributed by atoms with Gasteiger partial charge in [0.2, 0.25) is 5.91 Å². The fourth-order valence-electron chi connectivity index (χ4n) is 4.30. The van der Waals surface area contributed by atoms with Gasteiger partial charge in [-0.15, -0.1) is 0 Å². The lowest BCUT2D eigenvalue weighted by molar-refractivity contribution is -0.154. The summed E-state index contributed by atoms with van der Waals surface area (Å²) >= 11 is 0. The van der Waals surface area contributed by atoms with Crippen LogP contribution in [0, 0.1) is 19.3 Å². The Morgan fingerprint density at radius 3 is 1.94 bits per heavy atom. The predicted octanol–water partition coefficient (Wildman–Crippen LogP) is 5.07. The molecule has 0 saturated heterocycles. The van der Waals surface area contributed by atoms with Crippen molar-refractivity contribution in [3.63, 3.8) is 0 Å². The SMILES string of the molecule is CCCCOc1cc(C)c(-c2ccc(CCC(COC(C)=O)(COC(C)=O)CC(N)=O)cc2)c(C)c1. The summed E-state index contributed by atoms with van der Waals surface area (Å²) in [6.45, 7) is 9.53. The summed E-state index contributed by atoms with van der Waals surface area (Å²) in [5, 5.41) is 0. The summed E-state index contributed by atoms with van der Waals surface area (Å²) in [5.41, 5.74) is 10.2. The van der Waals surface area contributed by atoms with Crippen LogP contribution in [0.5, 0.6) is 5.75 Å². The first-order chi connectivity index (χ1) is 17.0. The van der Waals surface area contributed by atoms with Gasteiger partial charge in [-0.1, -0.05) is 37.6 Å². The number of hydrogen-bond acceptors (Lipinski definition) is 6. The number of nitrogens with two attached hydrogens (primary N) is 1. The number of esters is 2. The van der Waals surface area contributed by atoms with Crippen molar-refractivity contribution < 1.29 is 28.6 Å². The number of carbonyl (C=O) groups excluding carboxylic acids is 3. The van der Waals surface area contributed by atoms with E-state index in [0.29, 0.717) is 12.8 Å². The zero-order chi connectivity index (χ0) is 26.7.